The molecule has 0 saturated heterocycles. The van der Waals surface area contributed by atoms with Gasteiger partial charge in [0.1, 0.15) is 0 Å². The second-order valence-corrected chi connectivity index (χ2v) is 8.91. The van der Waals surface area contributed by atoms with Crippen LogP contribution in [0.4, 0.5) is 5.69 Å². The van der Waals surface area contributed by atoms with E-state index < -0.39 is 0 Å². The average molecular weight is 412 g/mol. The van der Waals surface area contributed by atoms with Crippen molar-refractivity contribution in [2.75, 3.05) is 23.0 Å². The summed E-state index contributed by atoms with van der Waals surface area (Å²) in [6.07, 6.45) is 0. The summed E-state index contributed by atoms with van der Waals surface area (Å²) in [6.45, 7) is 4.62. The van der Waals surface area contributed by atoms with E-state index in [0.717, 1.165) is 16.3 Å². The first-order chi connectivity index (χ1) is 13.6. The lowest BCUT2D eigenvalue weighted by Crippen LogP contribution is -2.36. The highest BCUT2D eigenvalue weighted by atomic mass is 32.2. The molecule has 28 heavy (non-hydrogen) atoms. The first-order valence-corrected chi connectivity index (χ1v) is 11.2. The average Bonchev–Trinajstić information content (AvgIpc) is 2.71. The molecular weight excluding hydrogens is 390 g/mol. The standard InChI is InChI=1S/C21H21N3O2S2/c1-14(2)24-20(26)15-7-3-4-8-16(15)22-21(24)28-13-19(25)23-11-12-27-18-10-6-5-9-17(18)23/h3-10,14H,11-13H2,1-2H3. The Balaban J connectivity index is 1.62. The van der Waals surface area contributed by atoms with E-state index in [2.05, 4.69) is 4.98 Å². The smallest absolute Gasteiger partial charge is 0.262 e. The van der Waals surface area contributed by atoms with E-state index in [9.17, 15) is 9.59 Å². The summed E-state index contributed by atoms with van der Waals surface area (Å²) in [6, 6.07) is 15.3. The van der Waals surface area contributed by atoms with Crippen LogP contribution in [-0.4, -0.2) is 33.5 Å². The summed E-state index contributed by atoms with van der Waals surface area (Å²) in [5, 5.41) is 1.19. The van der Waals surface area contributed by atoms with E-state index in [4.69, 9.17) is 0 Å². The van der Waals surface area contributed by atoms with Crippen molar-refractivity contribution >= 4 is 46.0 Å². The van der Waals surface area contributed by atoms with Gasteiger partial charge in [0.15, 0.2) is 5.16 Å². The molecule has 1 aromatic heterocycles. The molecule has 0 saturated carbocycles. The van der Waals surface area contributed by atoms with Crippen LogP contribution in [0.2, 0.25) is 0 Å². The number of thioether (sulfide) groups is 2. The number of aromatic nitrogens is 2. The van der Waals surface area contributed by atoms with Crippen molar-refractivity contribution in [1.29, 1.82) is 0 Å². The van der Waals surface area contributed by atoms with E-state index in [1.54, 1.807) is 22.4 Å². The zero-order valence-corrected chi connectivity index (χ0v) is 17.4. The minimum absolute atomic E-state index is 0.0330. The van der Waals surface area contributed by atoms with Gasteiger partial charge in [0.2, 0.25) is 5.91 Å². The van der Waals surface area contributed by atoms with Crippen molar-refractivity contribution in [1.82, 2.24) is 9.55 Å². The molecule has 0 spiro atoms. The number of fused-ring (bicyclic) bond motifs is 2. The molecule has 1 aliphatic rings. The van der Waals surface area contributed by atoms with Crippen LogP contribution < -0.4 is 10.5 Å². The van der Waals surface area contributed by atoms with Crippen molar-refractivity contribution in [3.8, 4) is 0 Å². The van der Waals surface area contributed by atoms with E-state index >= 15 is 0 Å². The highest BCUT2D eigenvalue weighted by Crippen LogP contribution is 2.35. The number of benzene rings is 2. The number of carbonyl (C=O) groups excluding carboxylic acids is 1. The highest BCUT2D eigenvalue weighted by molar-refractivity contribution is 8.00. The van der Waals surface area contributed by atoms with Crippen LogP contribution in [0.1, 0.15) is 19.9 Å². The monoisotopic (exact) mass is 411 g/mol. The lowest BCUT2D eigenvalue weighted by molar-refractivity contribution is -0.116. The van der Waals surface area contributed by atoms with Crippen LogP contribution in [0.15, 0.2) is 63.4 Å². The van der Waals surface area contributed by atoms with Gasteiger partial charge in [-0.25, -0.2) is 4.98 Å². The minimum Gasteiger partial charge on any atom is -0.310 e. The number of hydrogen-bond acceptors (Lipinski definition) is 5. The van der Waals surface area contributed by atoms with Crippen LogP contribution in [0, 0.1) is 0 Å². The molecule has 0 radical (unpaired) electrons. The van der Waals surface area contributed by atoms with Gasteiger partial charge >= 0.3 is 0 Å². The minimum atomic E-state index is -0.0599. The number of anilines is 1. The maximum absolute atomic E-state index is 12.9. The van der Waals surface area contributed by atoms with E-state index in [0.29, 0.717) is 22.6 Å². The number of para-hydroxylation sites is 2. The molecule has 1 amide bonds. The Bertz CT molecular complexity index is 1090. The fourth-order valence-electron chi connectivity index (χ4n) is 3.32. The summed E-state index contributed by atoms with van der Waals surface area (Å²) < 4.78 is 1.68. The topological polar surface area (TPSA) is 55.2 Å². The fraction of sp³-hybridized carbons (Fsp3) is 0.286. The normalized spacial score (nSPS) is 13.8. The van der Waals surface area contributed by atoms with Crippen molar-refractivity contribution in [3.05, 3.63) is 58.9 Å². The zero-order valence-electron chi connectivity index (χ0n) is 15.8. The third-order valence-electron chi connectivity index (χ3n) is 4.65. The Morgan fingerprint density at radius 2 is 1.93 bits per heavy atom. The van der Waals surface area contributed by atoms with Crippen LogP contribution in [0.3, 0.4) is 0 Å². The summed E-state index contributed by atoms with van der Waals surface area (Å²) in [4.78, 5) is 33.5. The third kappa shape index (κ3) is 3.56. The third-order valence-corrected chi connectivity index (χ3v) is 6.63. The van der Waals surface area contributed by atoms with Gasteiger partial charge in [0.05, 0.1) is 22.3 Å². The number of rotatable bonds is 4. The predicted octanol–water partition coefficient (Wildman–Crippen LogP) is 4.21. The quantitative estimate of drug-likeness (QED) is 0.476. The largest absolute Gasteiger partial charge is 0.310 e. The molecule has 3 aromatic rings. The number of hydrogen-bond donors (Lipinski definition) is 0. The molecule has 0 aliphatic carbocycles. The van der Waals surface area contributed by atoms with Gasteiger partial charge in [-0.05, 0) is 38.1 Å². The Hall–Kier alpha value is -2.25. The van der Waals surface area contributed by atoms with Crippen LogP contribution in [0.25, 0.3) is 10.9 Å². The Morgan fingerprint density at radius 3 is 2.75 bits per heavy atom. The van der Waals surface area contributed by atoms with Crippen molar-refractivity contribution in [3.63, 3.8) is 0 Å². The molecule has 0 N–H and O–H groups in total. The summed E-state index contributed by atoms with van der Waals surface area (Å²) in [5.74, 6) is 1.17. The lowest BCUT2D eigenvalue weighted by Gasteiger charge is -2.29. The molecule has 0 atom stereocenters. The second kappa shape index (κ2) is 8.01. The molecule has 144 valence electrons. The molecule has 5 nitrogen and oxygen atoms in total. The van der Waals surface area contributed by atoms with Crippen molar-refractivity contribution < 1.29 is 4.79 Å². The predicted molar refractivity (Wildman–Crippen MR) is 117 cm³/mol. The summed E-state index contributed by atoms with van der Waals surface area (Å²) >= 11 is 3.11. The zero-order chi connectivity index (χ0) is 19.7. The van der Waals surface area contributed by atoms with Crippen molar-refractivity contribution in [2.45, 2.75) is 29.9 Å². The molecule has 1 aliphatic heterocycles. The Morgan fingerprint density at radius 1 is 1.18 bits per heavy atom. The summed E-state index contributed by atoms with van der Waals surface area (Å²) in [5.41, 5.74) is 1.58. The lowest BCUT2D eigenvalue weighted by atomic mass is 10.2. The van der Waals surface area contributed by atoms with Crippen LogP contribution >= 0.6 is 23.5 Å². The van der Waals surface area contributed by atoms with Gasteiger partial charge < -0.3 is 4.90 Å². The molecule has 0 bridgehead atoms. The van der Waals surface area contributed by atoms with Gasteiger partial charge in [-0.15, -0.1) is 11.8 Å². The molecule has 2 heterocycles. The van der Waals surface area contributed by atoms with Gasteiger partial charge in [-0.1, -0.05) is 36.0 Å². The second-order valence-electron chi connectivity index (χ2n) is 6.83. The first-order valence-electron chi connectivity index (χ1n) is 9.22. The maximum atomic E-state index is 12.9. The molecular formula is C21H21N3O2S2. The molecule has 4 rings (SSSR count). The van der Waals surface area contributed by atoms with Gasteiger partial charge in [0.25, 0.3) is 5.56 Å². The highest BCUT2D eigenvalue weighted by Gasteiger charge is 2.23. The van der Waals surface area contributed by atoms with Gasteiger partial charge in [-0.2, -0.15) is 0 Å². The number of carbonyl (C=O) groups is 1. The number of nitrogens with zero attached hydrogens (tertiary/aromatic N) is 3. The van der Waals surface area contributed by atoms with E-state index in [-0.39, 0.29) is 23.3 Å². The number of amides is 1. The maximum Gasteiger partial charge on any atom is 0.262 e. The molecule has 2 aromatic carbocycles. The van der Waals surface area contributed by atoms with Crippen LogP contribution in [-0.2, 0) is 4.79 Å². The van der Waals surface area contributed by atoms with E-state index in [1.807, 2.05) is 61.2 Å². The molecule has 0 unspecified atom stereocenters. The van der Waals surface area contributed by atoms with Gasteiger partial charge in [-0.3, -0.25) is 14.2 Å². The van der Waals surface area contributed by atoms with Crippen LogP contribution in [0.5, 0.6) is 0 Å². The Labute approximate surface area is 172 Å². The first kappa shape index (κ1) is 19.1. The van der Waals surface area contributed by atoms with Crippen molar-refractivity contribution in [2.24, 2.45) is 0 Å². The summed E-state index contributed by atoms with van der Waals surface area (Å²) in [7, 11) is 0. The SMILES string of the molecule is CC(C)n1c(SCC(=O)N2CCSc3ccccc32)nc2ccccc2c1=O. The van der Waals surface area contributed by atoms with E-state index in [1.165, 1.54) is 11.8 Å². The Kier molecular flexibility index (Phi) is 5.46. The molecule has 7 heteroatoms. The van der Waals surface area contributed by atoms with Gasteiger partial charge in [0, 0.05) is 23.2 Å². The molecule has 0 fully saturated rings. The fourth-order valence-corrected chi connectivity index (χ4v) is 5.31.